The Hall–Kier alpha value is -2.89. The van der Waals surface area contributed by atoms with Crippen molar-refractivity contribution in [1.82, 2.24) is 10.6 Å². The smallest absolute Gasteiger partial charge is 0.345 e. The summed E-state index contributed by atoms with van der Waals surface area (Å²) in [6.45, 7) is -0.160. The van der Waals surface area contributed by atoms with E-state index in [9.17, 15) is 40.3 Å². The number of rotatable bonds is 7. The van der Waals surface area contributed by atoms with Gasteiger partial charge in [-0.3, -0.25) is 9.59 Å². The zero-order chi connectivity index (χ0) is 26.9. The first-order valence-corrected chi connectivity index (χ1v) is 11.4. The van der Waals surface area contributed by atoms with Crippen molar-refractivity contribution in [3.05, 3.63) is 75.0 Å². The van der Waals surface area contributed by atoms with Crippen molar-refractivity contribution in [2.45, 2.75) is 43.6 Å². The second kappa shape index (κ2) is 10.2. The predicted molar refractivity (Wildman–Crippen MR) is 122 cm³/mol. The van der Waals surface area contributed by atoms with Gasteiger partial charge in [-0.25, -0.2) is 4.39 Å². The van der Waals surface area contributed by atoms with E-state index in [-0.39, 0.29) is 34.0 Å². The van der Waals surface area contributed by atoms with Crippen molar-refractivity contribution < 1.29 is 40.3 Å². The van der Waals surface area contributed by atoms with Crippen LogP contribution in [-0.4, -0.2) is 36.3 Å². The molecule has 0 aromatic heterocycles. The highest BCUT2D eigenvalue weighted by atomic mass is 79.9. The molecule has 0 saturated heterocycles. The third kappa shape index (κ3) is 6.86. The molecule has 0 bridgehead atoms. The fraction of sp³-hybridized carbons (Fsp3) is 0.333. The number of aryl methyl sites for hydroxylation is 1. The fourth-order valence-electron chi connectivity index (χ4n) is 3.47. The van der Waals surface area contributed by atoms with Crippen LogP contribution in [-0.2, 0) is 4.79 Å². The number of alkyl halides is 6. The molecule has 12 heteroatoms. The van der Waals surface area contributed by atoms with Crippen molar-refractivity contribution in [2.75, 3.05) is 6.54 Å². The van der Waals surface area contributed by atoms with E-state index < -0.39 is 48.0 Å². The molecule has 1 fully saturated rings. The van der Waals surface area contributed by atoms with Gasteiger partial charge < -0.3 is 10.6 Å². The van der Waals surface area contributed by atoms with Crippen LogP contribution in [0.1, 0.15) is 45.8 Å². The molecule has 194 valence electrons. The number of halogens is 8. The number of allylic oxidation sites excluding steroid dienone is 1. The van der Waals surface area contributed by atoms with Crippen LogP contribution in [0.4, 0.5) is 30.7 Å². The van der Waals surface area contributed by atoms with Crippen LogP contribution in [0.15, 0.2) is 46.9 Å². The van der Waals surface area contributed by atoms with Gasteiger partial charge in [0.1, 0.15) is 17.9 Å². The van der Waals surface area contributed by atoms with Crippen LogP contribution in [0.3, 0.4) is 0 Å². The standard InChI is InChI=1S/C24H20BrF7N2O2/c1-13-10-15(4-7-19(13)26)17(24(30,31)32)6-3-14-2-5-16(18(25)11-14)20(35)34-22(8-9-22)21(36)33-12-23(27,28)29/h2-7,10-11,17H,8-9,12H2,1H3,(H,33,36)(H,34,35). The van der Waals surface area contributed by atoms with Gasteiger partial charge in [-0.2, -0.15) is 26.3 Å². The SMILES string of the molecule is Cc1cc(C(C=Cc2ccc(C(=O)NC3(C(=O)NCC(F)(F)F)CC3)c(Br)c2)C(F)(F)F)ccc1F. The van der Waals surface area contributed by atoms with Gasteiger partial charge in [-0.1, -0.05) is 30.4 Å². The number of hydrogen-bond donors (Lipinski definition) is 2. The van der Waals surface area contributed by atoms with Crippen molar-refractivity contribution in [1.29, 1.82) is 0 Å². The third-order valence-corrected chi connectivity index (χ3v) is 6.26. The predicted octanol–water partition coefficient (Wildman–Crippen LogP) is 6.20. The highest BCUT2D eigenvalue weighted by Gasteiger charge is 2.52. The van der Waals surface area contributed by atoms with Crippen molar-refractivity contribution in [3.63, 3.8) is 0 Å². The molecule has 0 aliphatic heterocycles. The average Bonchev–Trinajstić information content (AvgIpc) is 3.53. The molecule has 4 nitrogen and oxygen atoms in total. The Balaban J connectivity index is 1.74. The summed E-state index contributed by atoms with van der Waals surface area (Å²) in [5.41, 5.74) is -1.13. The summed E-state index contributed by atoms with van der Waals surface area (Å²) < 4.78 is 91.7. The molecule has 2 aromatic rings. The van der Waals surface area contributed by atoms with Gasteiger partial charge in [0.05, 0.1) is 11.5 Å². The average molecular weight is 581 g/mol. The van der Waals surface area contributed by atoms with Gasteiger partial charge in [0.15, 0.2) is 0 Å². The van der Waals surface area contributed by atoms with E-state index in [1.54, 1.807) is 5.32 Å². The molecule has 36 heavy (non-hydrogen) atoms. The summed E-state index contributed by atoms with van der Waals surface area (Å²) in [5.74, 6) is -4.29. The molecular formula is C24H20BrF7N2O2. The zero-order valence-electron chi connectivity index (χ0n) is 18.7. The lowest BCUT2D eigenvalue weighted by Gasteiger charge is -2.19. The highest BCUT2D eigenvalue weighted by Crippen LogP contribution is 2.38. The van der Waals surface area contributed by atoms with Gasteiger partial charge in [-0.15, -0.1) is 0 Å². The van der Waals surface area contributed by atoms with Gasteiger partial charge >= 0.3 is 12.4 Å². The maximum Gasteiger partial charge on any atom is 0.405 e. The van der Waals surface area contributed by atoms with Crippen LogP contribution in [0, 0.1) is 12.7 Å². The Kier molecular flexibility index (Phi) is 7.87. The normalized spacial score (nSPS) is 16.0. The Labute approximate surface area is 210 Å². The summed E-state index contributed by atoms with van der Waals surface area (Å²) in [6.07, 6.45) is -6.77. The Morgan fingerprint density at radius 1 is 1.08 bits per heavy atom. The number of carbonyl (C=O) groups is 2. The van der Waals surface area contributed by atoms with Gasteiger partial charge in [0.25, 0.3) is 5.91 Å². The summed E-state index contributed by atoms with van der Waals surface area (Å²) in [7, 11) is 0. The maximum atomic E-state index is 13.6. The van der Waals surface area contributed by atoms with Crippen molar-refractivity contribution in [3.8, 4) is 0 Å². The molecule has 2 N–H and O–H groups in total. The first-order valence-electron chi connectivity index (χ1n) is 10.6. The monoisotopic (exact) mass is 580 g/mol. The number of carbonyl (C=O) groups excluding carboxylic acids is 2. The maximum absolute atomic E-state index is 13.6. The molecule has 2 aromatic carbocycles. The Morgan fingerprint density at radius 3 is 2.28 bits per heavy atom. The van der Waals surface area contributed by atoms with Gasteiger partial charge in [-0.05, 0) is 70.6 Å². The van der Waals surface area contributed by atoms with Crippen LogP contribution in [0.25, 0.3) is 6.08 Å². The second-order valence-electron chi connectivity index (χ2n) is 8.46. The lowest BCUT2D eigenvalue weighted by molar-refractivity contribution is -0.140. The van der Waals surface area contributed by atoms with Crippen molar-refractivity contribution in [2.24, 2.45) is 0 Å². The molecule has 1 aliphatic carbocycles. The molecule has 1 atom stereocenters. The number of hydrogen-bond acceptors (Lipinski definition) is 2. The number of amides is 2. The first-order chi connectivity index (χ1) is 16.6. The van der Waals surface area contributed by atoms with E-state index >= 15 is 0 Å². The summed E-state index contributed by atoms with van der Waals surface area (Å²) in [5, 5.41) is 4.19. The van der Waals surface area contributed by atoms with E-state index in [0.29, 0.717) is 5.56 Å². The molecule has 3 rings (SSSR count). The van der Waals surface area contributed by atoms with Gasteiger partial charge in [0.2, 0.25) is 5.91 Å². The number of benzene rings is 2. The quantitative estimate of drug-likeness (QED) is 0.383. The van der Waals surface area contributed by atoms with E-state index in [0.717, 1.165) is 24.3 Å². The minimum atomic E-state index is -4.64. The lowest BCUT2D eigenvalue weighted by Crippen LogP contribution is -2.50. The fourth-order valence-corrected chi connectivity index (χ4v) is 4.04. The topological polar surface area (TPSA) is 58.2 Å². The Morgan fingerprint density at radius 2 is 1.75 bits per heavy atom. The molecule has 0 spiro atoms. The van der Waals surface area contributed by atoms with Crippen LogP contribution >= 0.6 is 15.9 Å². The largest absolute Gasteiger partial charge is 0.405 e. The minimum Gasteiger partial charge on any atom is -0.345 e. The molecule has 2 amide bonds. The molecule has 0 heterocycles. The molecular weight excluding hydrogens is 561 g/mol. The highest BCUT2D eigenvalue weighted by molar-refractivity contribution is 9.10. The Bertz CT molecular complexity index is 1190. The van der Waals surface area contributed by atoms with E-state index in [4.69, 9.17) is 0 Å². The summed E-state index contributed by atoms with van der Waals surface area (Å²) in [4.78, 5) is 24.7. The van der Waals surface area contributed by atoms with E-state index in [1.807, 2.05) is 0 Å². The van der Waals surface area contributed by atoms with Crippen molar-refractivity contribution >= 4 is 33.8 Å². The van der Waals surface area contributed by atoms with Crippen LogP contribution in [0.2, 0.25) is 0 Å². The molecule has 1 unspecified atom stereocenters. The van der Waals surface area contributed by atoms with E-state index in [2.05, 4.69) is 21.2 Å². The van der Waals surface area contributed by atoms with Gasteiger partial charge in [0, 0.05) is 4.47 Å². The van der Waals surface area contributed by atoms with E-state index in [1.165, 1.54) is 31.2 Å². The minimum absolute atomic E-state index is 0.0450. The van der Waals surface area contributed by atoms with Crippen LogP contribution < -0.4 is 10.6 Å². The molecule has 1 saturated carbocycles. The second-order valence-corrected chi connectivity index (χ2v) is 9.31. The number of nitrogens with one attached hydrogen (secondary N) is 2. The summed E-state index contributed by atoms with van der Waals surface area (Å²) in [6, 6.07) is 7.23. The molecule has 1 aliphatic rings. The third-order valence-electron chi connectivity index (χ3n) is 5.60. The van der Waals surface area contributed by atoms with Crippen LogP contribution in [0.5, 0.6) is 0 Å². The first kappa shape index (κ1) is 27.7. The summed E-state index contributed by atoms with van der Waals surface area (Å²) >= 11 is 3.17. The molecule has 0 radical (unpaired) electrons. The lowest BCUT2D eigenvalue weighted by atomic mass is 9.95. The zero-order valence-corrected chi connectivity index (χ0v) is 20.2.